The first kappa shape index (κ1) is 11.9. The largest absolute Gasteiger partial charge is 0.204 e. The van der Waals surface area contributed by atoms with Crippen molar-refractivity contribution in [2.45, 2.75) is 6.54 Å². The highest BCUT2D eigenvalue weighted by Crippen LogP contribution is 2.06. The molecule has 86 valence electrons. The number of alkyl halides is 1. The molecule has 2 aromatic rings. The summed E-state index contributed by atoms with van der Waals surface area (Å²) in [5.41, 5.74) is 2.41. The maximum absolute atomic E-state index is 5.68. The summed E-state index contributed by atoms with van der Waals surface area (Å²) >= 11 is 5.68. The molecule has 1 aromatic carbocycles. The minimum absolute atomic E-state index is 0.643. The van der Waals surface area contributed by atoms with Gasteiger partial charge in [0.05, 0.1) is 5.88 Å². The zero-order valence-electron chi connectivity index (χ0n) is 9.59. The van der Waals surface area contributed by atoms with Crippen LogP contribution in [-0.4, -0.2) is 5.88 Å². The summed E-state index contributed by atoms with van der Waals surface area (Å²) in [5, 5.41) is 0. The van der Waals surface area contributed by atoms with Gasteiger partial charge >= 0.3 is 0 Å². The van der Waals surface area contributed by atoms with Crippen LogP contribution in [0.15, 0.2) is 54.9 Å². The van der Waals surface area contributed by atoms with Crippen LogP contribution in [0.5, 0.6) is 0 Å². The van der Waals surface area contributed by atoms with E-state index in [1.165, 1.54) is 11.1 Å². The molecule has 0 fully saturated rings. The van der Waals surface area contributed by atoms with E-state index in [1.54, 1.807) is 0 Å². The summed E-state index contributed by atoms with van der Waals surface area (Å²) in [7, 11) is 0. The van der Waals surface area contributed by atoms with Gasteiger partial charge in [-0.3, -0.25) is 0 Å². The van der Waals surface area contributed by atoms with E-state index in [0.29, 0.717) is 5.88 Å². The standard InChI is InChI=1S/C15H15ClN/c16-10-13-17-11-8-15(9-12-17)7-6-14-4-2-1-3-5-14/h1-9,11-12H,10,13H2/q+1. The molecule has 0 bridgehead atoms. The molecule has 0 aliphatic heterocycles. The molecule has 0 unspecified atom stereocenters. The Morgan fingerprint density at radius 1 is 0.882 bits per heavy atom. The van der Waals surface area contributed by atoms with E-state index in [2.05, 4.69) is 41.0 Å². The Morgan fingerprint density at radius 2 is 1.47 bits per heavy atom. The molecule has 1 heterocycles. The van der Waals surface area contributed by atoms with Crippen LogP contribution >= 0.6 is 11.6 Å². The molecule has 0 N–H and O–H groups in total. The monoisotopic (exact) mass is 244 g/mol. The number of nitrogens with zero attached hydrogens (tertiary/aromatic N) is 1. The second kappa shape index (κ2) is 6.21. The van der Waals surface area contributed by atoms with Crippen molar-refractivity contribution in [3.63, 3.8) is 0 Å². The van der Waals surface area contributed by atoms with Crippen LogP contribution in [0.1, 0.15) is 11.1 Å². The second-order valence-corrected chi connectivity index (χ2v) is 4.18. The van der Waals surface area contributed by atoms with Gasteiger partial charge in [-0.15, -0.1) is 11.6 Å². The molecular weight excluding hydrogens is 230 g/mol. The highest BCUT2D eigenvalue weighted by atomic mass is 35.5. The Morgan fingerprint density at radius 3 is 2.06 bits per heavy atom. The topological polar surface area (TPSA) is 3.88 Å². The third-order valence-electron chi connectivity index (χ3n) is 2.53. The summed E-state index contributed by atoms with van der Waals surface area (Å²) in [6.07, 6.45) is 8.32. The lowest BCUT2D eigenvalue weighted by atomic mass is 10.1. The van der Waals surface area contributed by atoms with Crippen molar-refractivity contribution in [2.24, 2.45) is 0 Å². The fraction of sp³-hybridized carbons (Fsp3) is 0.133. The van der Waals surface area contributed by atoms with Crippen LogP contribution < -0.4 is 4.57 Å². The van der Waals surface area contributed by atoms with Crippen molar-refractivity contribution >= 4 is 23.8 Å². The molecule has 1 nitrogen and oxygen atoms in total. The van der Waals surface area contributed by atoms with Gasteiger partial charge in [-0.25, -0.2) is 4.57 Å². The number of pyridine rings is 1. The van der Waals surface area contributed by atoms with Crippen molar-refractivity contribution in [1.82, 2.24) is 0 Å². The Hall–Kier alpha value is -1.60. The molecule has 0 aliphatic carbocycles. The first-order chi connectivity index (χ1) is 8.38. The summed E-state index contributed by atoms with van der Waals surface area (Å²) < 4.78 is 2.08. The van der Waals surface area contributed by atoms with Gasteiger partial charge in [0.15, 0.2) is 18.9 Å². The van der Waals surface area contributed by atoms with Crippen molar-refractivity contribution in [2.75, 3.05) is 5.88 Å². The van der Waals surface area contributed by atoms with Crippen LogP contribution in [0.3, 0.4) is 0 Å². The molecule has 2 rings (SSSR count). The van der Waals surface area contributed by atoms with Gasteiger partial charge in [-0.1, -0.05) is 42.5 Å². The molecule has 0 amide bonds. The van der Waals surface area contributed by atoms with E-state index in [-0.39, 0.29) is 0 Å². The predicted octanol–water partition coefficient (Wildman–Crippen LogP) is 3.38. The van der Waals surface area contributed by atoms with E-state index in [9.17, 15) is 0 Å². The van der Waals surface area contributed by atoms with Crippen LogP contribution in [-0.2, 0) is 6.54 Å². The van der Waals surface area contributed by atoms with Crippen molar-refractivity contribution in [3.8, 4) is 0 Å². The number of hydrogen-bond donors (Lipinski definition) is 0. The number of benzene rings is 1. The normalized spacial score (nSPS) is 10.9. The van der Waals surface area contributed by atoms with Gasteiger partial charge in [0.25, 0.3) is 0 Å². The quantitative estimate of drug-likeness (QED) is 0.574. The number of aromatic nitrogens is 1. The van der Waals surface area contributed by atoms with Gasteiger partial charge in [0.2, 0.25) is 0 Å². The summed E-state index contributed by atoms with van der Waals surface area (Å²) in [5.74, 6) is 0.643. The molecule has 0 saturated carbocycles. The van der Waals surface area contributed by atoms with E-state index in [1.807, 2.05) is 30.6 Å². The third-order valence-corrected chi connectivity index (χ3v) is 2.70. The zero-order valence-corrected chi connectivity index (χ0v) is 10.3. The molecule has 0 radical (unpaired) electrons. The highest BCUT2D eigenvalue weighted by molar-refractivity contribution is 6.17. The molecule has 0 spiro atoms. The van der Waals surface area contributed by atoms with Crippen molar-refractivity contribution < 1.29 is 4.57 Å². The second-order valence-electron chi connectivity index (χ2n) is 3.80. The van der Waals surface area contributed by atoms with Crippen LogP contribution in [0.25, 0.3) is 12.2 Å². The van der Waals surface area contributed by atoms with Crippen LogP contribution in [0, 0.1) is 0 Å². The Kier molecular flexibility index (Phi) is 4.34. The van der Waals surface area contributed by atoms with Gasteiger partial charge in [0, 0.05) is 12.1 Å². The first-order valence-electron chi connectivity index (χ1n) is 5.67. The Labute approximate surface area is 107 Å². The minimum Gasteiger partial charge on any atom is -0.204 e. The number of rotatable bonds is 4. The van der Waals surface area contributed by atoms with Gasteiger partial charge < -0.3 is 0 Å². The van der Waals surface area contributed by atoms with Gasteiger partial charge in [-0.05, 0) is 11.1 Å². The zero-order chi connectivity index (χ0) is 11.9. The first-order valence-corrected chi connectivity index (χ1v) is 6.20. The highest BCUT2D eigenvalue weighted by Gasteiger charge is 1.97. The average molecular weight is 245 g/mol. The van der Waals surface area contributed by atoms with Crippen molar-refractivity contribution in [3.05, 3.63) is 66.0 Å². The summed E-state index contributed by atoms with van der Waals surface area (Å²) in [4.78, 5) is 0. The molecule has 0 aliphatic rings. The minimum atomic E-state index is 0.643. The fourth-order valence-electron chi connectivity index (χ4n) is 1.58. The van der Waals surface area contributed by atoms with Gasteiger partial charge in [-0.2, -0.15) is 0 Å². The van der Waals surface area contributed by atoms with E-state index in [4.69, 9.17) is 11.6 Å². The van der Waals surface area contributed by atoms with Crippen LogP contribution in [0.4, 0.5) is 0 Å². The smallest absolute Gasteiger partial charge is 0.169 e. The number of hydrogen-bond acceptors (Lipinski definition) is 0. The predicted molar refractivity (Wildman–Crippen MR) is 72.7 cm³/mol. The van der Waals surface area contributed by atoms with E-state index < -0.39 is 0 Å². The van der Waals surface area contributed by atoms with E-state index >= 15 is 0 Å². The van der Waals surface area contributed by atoms with Crippen molar-refractivity contribution in [1.29, 1.82) is 0 Å². The number of aryl methyl sites for hydroxylation is 1. The lowest BCUT2D eigenvalue weighted by Crippen LogP contribution is -2.33. The molecule has 0 atom stereocenters. The fourth-order valence-corrected chi connectivity index (χ4v) is 1.78. The van der Waals surface area contributed by atoms with Gasteiger partial charge in [0.1, 0.15) is 0 Å². The molecule has 1 aromatic heterocycles. The third kappa shape index (κ3) is 3.72. The summed E-state index contributed by atoms with van der Waals surface area (Å²) in [6, 6.07) is 14.5. The lowest BCUT2D eigenvalue weighted by Gasteiger charge is -1.95. The molecule has 2 heteroatoms. The molecule has 17 heavy (non-hydrogen) atoms. The Balaban J connectivity index is 2.06. The lowest BCUT2D eigenvalue weighted by molar-refractivity contribution is -0.692. The van der Waals surface area contributed by atoms with Crippen LogP contribution in [0.2, 0.25) is 0 Å². The molecule has 0 saturated heterocycles. The summed E-state index contributed by atoms with van der Waals surface area (Å²) in [6.45, 7) is 0.851. The molecular formula is C15H15ClN+. The van der Waals surface area contributed by atoms with E-state index in [0.717, 1.165) is 6.54 Å². The maximum Gasteiger partial charge on any atom is 0.169 e. The SMILES string of the molecule is ClCC[n+]1ccc(C=Cc2ccccc2)cc1. The Bertz CT molecular complexity index is 474. The number of halogens is 1. The maximum atomic E-state index is 5.68. The average Bonchev–Trinajstić information content (AvgIpc) is 2.40.